The van der Waals surface area contributed by atoms with Crippen LogP contribution in [0.1, 0.15) is 12.6 Å². The van der Waals surface area contributed by atoms with Crippen LogP contribution in [0, 0.1) is 0 Å². The number of fused-ring (bicyclic) bond motifs is 1. The summed E-state index contributed by atoms with van der Waals surface area (Å²) in [5, 5.41) is 4.14. The van der Waals surface area contributed by atoms with E-state index in [2.05, 4.69) is 15.1 Å². The SMILES string of the molecule is CCc1nn(C)c2c(=O)[nH]c(=O)[nH]c12. The summed E-state index contributed by atoms with van der Waals surface area (Å²) >= 11 is 0. The van der Waals surface area contributed by atoms with Crippen LogP contribution in [0.4, 0.5) is 0 Å². The number of hydrogen-bond acceptors (Lipinski definition) is 3. The Balaban J connectivity index is 3.04. The minimum Gasteiger partial charge on any atom is -0.304 e. The van der Waals surface area contributed by atoms with Crippen molar-refractivity contribution in [3.8, 4) is 0 Å². The highest BCUT2D eigenvalue weighted by molar-refractivity contribution is 5.76. The lowest BCUT2D eigenvalue weighted by Gasteiger charge is -1.90. The molecule has 2 N–H and O–H groups in total. The fraction of sp³-hybridized carbons (Fsp3) is 0.375. The molecule has 0 radical (unpaired) electrons. The normalized spacial score (nSPS) is 11.0. The molecular formula is C8H10N4O2. The zero-order chi connectivity index (χ0) is 10.3. The van der Waals surface area contributed by atoms with Crippen molar-refractivity contribution in [3.63, 3.8) is 0 Å². The molecule has 0 atom stereocenters. The molecule has 0 unspecified atom stereocenters. The van der Waals surface area contributed by atoms with Gasteiger partial charge in [-0.3, -0.25) is 14.5 Å². The molecule has 74 valence electrons. The van der Waals surface area contributed by atoms with E-state index in [0.717, 1.165) is 5.69 Å². The van der Waals surface area contributed by atoms with Crippen LogP contribution in [0.2, 0.25) is 0 Å². The summed E-state index contributed by atoms with van der Waals surface area (Å²) in [5.74, 6) is 0. The molecule has 0 amide bonds. The summed E-state index contributed by atoms with van der Waals surface area (Å²) < 4.78 is 1.48. The van der Waals surface area contributed by atoms with Gasteiger partial charge in [0.05, 0.1) is 11.2 Å². The van der Waals surface area contributed by atoms with E-state index in [1.54, 1.807) is 7.05 Å². The lowest BCUT2D eigenvalue weighted by atomic mass is 10.3. The Morgan fingerprint density at radius 3 is 2.71 bits per heavy atom. The van der Waals surface area contributed by atoms with Crippen LogP contribution in [0.25, 0.3) is 11.0 Å². The van der Waals surface area contributed by atoms with E-state index < -0.39 is 11.2 Å². The molecule has 0 aliphatic carbocycles. The van der Waals surface area contributed by atoms with Crippen molar-refractivity contribution in [1.82, 2.24) is 19.7 Å². The molecule has 0 fully saturated rings. The second-order valence-electron chi connectivity index (χ2n) is 3.06. The number of aromatic amines is 2. The maximum absolute atomic E-state index is 11.4. The summed E-state index contributed by atoms with van der Waals surface area (Å²) in [5.41, 5.74) is 0.763. The smallest absolute Gasteiger partial charge is 0.304 e. The maximum Gasteiger partial charge on any atom is 0.326 e. The van der Waals surface area contributed by atoms with Gasteiger partial charge in [0.15, 0.2) is 0 Å². The zero-order valence-electron chi connectivity index (χ0n) is 7.92. The highest BCUT2D eigenvalue weighted by Crippen LogP contribution is 2.09. The fourth-order valence-electron chi connectivity index (χ4n) is 1.53. The van der Waals surface area contributed by atoms with Crippen molar-refractivity contribution in [2.75, 3.05) is 0 Å². The quantitative estimate of drug-likeness (QED) is 0.642. The first-order chi connectivity index (χ1) is 6.63. The molecular weight excluding hydrogens is 184 g/mol. The van der Waals surface area contributed by atoms with E-state index >= 15 is 0 Å². The lowest BCUT2D eigenvalue weighted by Crippen LogP contribution is -2.22. The minimum atomic E-state index is -0.495. The molecule has 14 heavy (non-hydrogen) atoms. The van der Waals surface area contributed by atoms with Crippen LogP contribution in [-0.2, 0) is 13.5 Å². The van der Waals surface area contributed by atoms with Gasteiger partial charge in [0, 0.05) is 7.05 Å². The number of nitrogens with one attached hydrogen (secondary N) is 2. The molecule has 0 saturated heterocycles. The maximum atomic E-state index is 11.4. The number of H-pyrrole nitrogens is 2. The van der Waals surface area contributed by atoms with Crippen LogP contribution in [-0.4, -0.2) is 19.7 Å². The average Bonchev–Trinajstić information content (AvgIpc) is 2.42. The summed E-state index contributed by atoms with van der Waals surface area (Å²) in [6.07, 6.45) is 0.677. The highest BCUT2D eigenvalue weighted by Gasteiger charge is 2.10. The number of rotatable bonds is 1. The molecule has 2 heterocycles. The Hall–Kier alpha value is -1.85. The van der Waals surface area contributed by atoms with Gasteiger partial charge in [-0.05, 0) is 6.42 Å². The van der Waals surface area contributed by atoms with Gasteiger partial charge in [0.25, 0.3) is 5.56 Å². The highest BCUT2D eigenvalue weighted by atomic mass is 16.2. The molecule has 0 bridgehead atoms. The number of nitrogens with zero attached hydrogens (tertiary/aromatic N) is 2. The van der Waals surface area contributed by atoms with Crippen molar-refractivity contribution in [1.29, 1.82) is 0 Å². The zero-order valence-corrected chi connectivity index (χ0v) is 7.92. The molecule has 0 aliphatic heterocycles. The second-order valence-corrected chi connectivity index (χ2v) is 3.06. The topological polar surface area (TPSA) is 83.5 Å². The first-order valence-electron chi connectivity index (χ1n) is 4.31. The number of hydrogen-bond donors (Lipinski definition) is 2. The Labute approximate surface area is 78.6 Å². The van der Waals surface area contributed by atoms with Gasteiger partial charge in [-0.2, -0.15) is 5.10 Å². The van der Waals surface area contributed by atoms with Crippen LogP contribution in [0.3, 0.4) is 0 Å². The third-order valence-electron chi connectivity index (χ3n) is 2.14. The Bertz CT molecular complexity index is 589. The molecule has 2 aromatic rings. The third kappa shape index (κ3) is 1.07. The average molecular weight is 194 g/mol. The molecule has 2 aromatic heterocycles. The molecule has 0 saturated carbocycles. The van der Waals surface area contributed by atoms with Crippen molar-refractivity contribution >= 4 is 11.0 Å². The first-order valence-corrected chi connectivity index (χ1v) is 4.31. The Morgan fingerprint density at radius 1 is 1.36 bits per heavy atom. The van der Waals surface area contributed by atoms with Crippen molar-refractivity contribution < 1.29 is 0 Å². The monoisotopic (exact) mass is 194 g/mol. The molecule has 0 aromatic carbocycles. The van der Waals surface area contributed by atoms with Gasteiger partial charge < -0.3 is 4.98 Å². The number of aromatic nitrogens is 4. The Kier molecular flexibility index (Phi) is 1.77. The van der Waals surface area contributed by atoms with Crippen LogP contribution < -0.4 is 11.2 Å². The van der Waals surface area contributed by atoms with Crippen molar-refractivity contribution in [2.45, 2.75) is 13.3 Å². The van der Waals surface area contributed by atoms with E-state index in [4.69, 9.17) is 0 Å². The summed E-state index contributed by atoms with van der Waals surface area (Å²) in [6, 6.07) is 0. The largest absolute Gasteiger partial charge is 0.326 e. The van der Waals surface area contributed by atoms with E-state index in [0.29, 0.717) is 17.5 Å². The van der Waals surface area contributed by atoms with Gasteiger partial charge in [-0.15, -0.1) is 0 Å². The predicted molar refractivity (Wildman–Crippen MR) is 51.3 cm³/mol. The molecule has 0 spiro atoms. The third-order valence-corrected chi connectivity index (χ3v) is 2.14. The minimum absolute atomic E-state index is 0.404. The molecule has 0 aliphatic rings. The summed E-state index contributed by atoms with van der Waals surface area (Å²) in [4.78, 5) is 27.2. The van der Waals surface area contributed by atoms with Crippen molar-refractivity contribution in [3.05, 3.63) is 26.5 Å². The van der Waals surface area contributed by atoms with E-state index in [9.17, 15) is 9.59 Å². The van der Waals surface area contributed by atoms with Crippen LogP contribution >= 0.6 is 0 Å². The van der Waals surface area contributed by atoms with Gasteiger partial charge in [-0.1, -0.05) is 6.92 Å². The second kappa shape index (κ2) is 2.83. The van der Waals surface area contributed by atoms with Gasteiger partial charge in [0.2, 0.25) is 0 Å². The van der Waals surface area contributed by atoms with E-state index in [1.165, 1.54) is 4.68 Å². The van der Waals surface area contributed by atoms with Gasteiger partial charge in [-0.25, -0.2) is 4.79 Å². The first kappa shape index (κ1) is 8.74. The molecule has 6 heteroatoms. The standard InChI is InChI=1S/C8H10N4O2/c1-3-4-5-6(12(2)11-4)7(13)10-8(14)9-5/h3H2,1-2H3,(H2,9,10,13,14). The molecule has 2 rings (SSSR count). The van der Waals surface area contributed by atoms with Gasteiger partial charge in [0.1, 0.15) is 5.52 Å². The van der Waals surface area contributed by atoms with Crippen LogP contribution in [0.5, 0.6) is 0 Å². The van der Waals surface area contributed by atoms with Crippen molar-refractivity contribution in [2.24, 2.45) is 7.05 Å². The fourth-order valence-corrected chi connectivity index (χ4v) is 1.53. The molecule has 6 nitrogen and oxygen atoms in total. The predicted octanol–water partition coefficient (Wildman–Crippen LogP) is -0.488. The lowest BCUT2D eigenvalue weighted by molar-refractivity contribution is 0.766. The van der Waals surface area contributed by atoms with E-state index in [-0.39, 0.29) is 0 Å². The van der Waals surface area contributed by atoms with Gasteiger partial charge >= 0.3 is 5.69 Å². The number of aryl methyl sites for hydroxylation is 2. The summed E-state index contributed by atoms with van der Waals surface area (Å²) in [7, 11) is 1.68. The summed E-state index contributed by atoms with van der Waals surface area (Å²) in [6.45, 7) is 1.92. The Morgan fingerprint density at radius 2 is 2.07 bits per heavy atom. The van der Waals surface area contributed by atoms with Crippen LogP contribution in [0.15, 0.2) is 9.59 Å². The van der Waals surface area contributed by atoms with E-state index in [1.807, 2.05) is 6.92 Å².